The van der Waals surface area contributed by atoms with Crippen LogP contribution in [-0.4, -0.2) is 31.0 Å². The zero-order chi connectivity index (χ0) is 15.5. The monoisotopic (exact) mass is 296 g/mol. The van der Waals surface area contributed by atoms with Crippen LogP contribution in [0.1, 0.15) is 38.1 Å². The van der Waals surface area contributed by atoms with E-state index in [0.717, 1.165) is 35.3 Å². The highest BCUT2D eigenvalue weighted by Gasteiger charge is 2.21. The maximum absolute atomic E-state index is 4.71. The minimum Gasteiger partial charge on any atom is -0.368 e. The van der Waals surface area contributed by atoms with Crippen molar-refractivity contribution in [3.63, 3.8) is 0 Å². The lowest BCUT2D eigenvalue weighted by atomic mass is 10.2. The van der Waals surface area contributed by atoms with Gasteiger partial charge < -0.3 is 9.88 Å². The van der Waals surface area contributed by atoms with Crippen molar-refractivity contribution in [3.8, 4) is 11.5 Å². The second-order valence-corrected chi connectivity index (χ2v) is 5.52. The highest BCUT2D eigenvalue weighted by molar-refractivity contribution is 5.67. The molecule has 1 aromatic heterocycles. The Morgan fingerprint density at radius 3 is 2.64 bits per heavy atom. The topological polar surface area (TPSA) is 68.5 Å². The van der Waals surface area contributed by atoms with Crippen molar-refractivity contribution in [2.45, 2.75) is 33.2 Å². The Kier molecular flexibility index (Phi) is 4.00. The van der Waals surface area contributed by atoms with E-state index in [1.165, 1.54) is 0 Å². The summed E-state index contributed by atoms with van der Waals surface area (Å²) in [5.41, 5.74) is 2.00. The number of hydrogen-bond acceptors (Lipinski definition) is 5. The molecule has 1 aromatic rings. The maximum Gasteiger partial charge on any atom is 0.166 e. The standard InChI is InChI=1S/C16H20N6/c1-4-18-15-13-16(21-14(20-13)11(2)3)22(10-19-15)9-12-5-7-17-8-6-12/h5-8,10-11,18H,4,9H2,1-3H3. The SMILES string of the molecule is CCNc1ncn(Cc2ccncc2)c2nc(C(C)C)nc1-2. The maximum atomic E-state index is 4.71. The van der Waals surface area contributed by atoms with E-state index < -0.39 is 0 Å². The van der Waals surface area contributed by atoms with E-state index in [9.17, 15) is 0 Å². The summed E-state index contributed by atoms with van der Waals surface area (Å²) in [6.45, 7) is 7.75. The van der Waals surface area contributed by atoms with Gasteiger partial charge >= 0.3 is 0 Å². The molecule has 0 aromatic carbocycles. The zero-order valence-corrected chi connectivity index (χ0v) is 13.1. The number of pyridine rings is 1. The molecule has 1 N–H and O–H groups in total. The number of anilines is 1. The molecule has 0 unspecified atom stereocenters. The average molecular weight is 296 g/mol. The second kappa shape index (κ2) is 6.09. The molecule has 0 bridgehead atoms. The summed E-state index contributed by atoms with van der Waals surface area (Å²) < 4.78 is 2.03. The summed E-state index contributed by atoms with van der Waals surface area (Å²) in [4.78, 5) is 17.9. The number of imidazole rings is 1. The van der Waals surface area contributed by atoms with Crippen LogP contribution in [0, 0.1) is 0 Å². The molecular formula is C16H20N6. The second-order valence-electron chi connectivity index (χ2n) is 5.52. The molecule has 0 saturated carbocycles. The third-order valence-electron chi connectivity index (χ3n) is 3.44. The quantitative estimate of drug-likeness (QED) is 0.784. The number of nitrogens with zero attached hydrogens (tertiary/aromatic N) is 5. The van der Waals surface area contributed by atoms with Gasteiger partial charge in [-0.1, -0.05) is 13.8 Å². The van der Waals surface area contributed by atoms with Gasteiger partial charge in [-0.2, -0.15) is 0 Å². The summed E-state index contributed by atoms with van der Waals surface area (Å²) >= 11 is 0. The van der Waals surface area contributed by atoms with Gasteiger partial charge in [0.2, 0.25) is 0 Å². The van der Waals surface area contributed by atoms with Crippen LogP contribution in [0.25, 0.3) is 11.5 Å². The molecule has 0 spiro atoms. The molecule has 3 rings (SSSR count). The van der Waals surface area contributed by atoms with Gasteiger partial charge in [-0.05, 0) is 24.6 Å². The third-order valence-corrected chi connectivity index (χ3v) is 3.44. The van der Waals surface area contributed by atoms with Crippen molar-refractivity contribution in [2.75, 3.05) is 11.9 Å². The fourth-order valence-corrected chi connectivity index (χ4v) is 2.31. The Morgan fingerprint density at radius 1 is 1.18 bits per heavy atom. The number of hydrogen-bond donors (Lipinski definition) is 1. The van der Waals surface area contributed by atoms with Gasteiger partial charge in [0.25, 0.3) is 0 Å². The fraction of sp³-hybridized carbons (Fsp3) is 0.375. The molecule has 0 saturated heterocycles. The summed E-state index contributed by atoms with van der Waals surface area (Å²) in [5, 5.41) is 3.26. The number of aromatic nitrogens is 5. The summed E-state index contributed by atoms with van der Waals surface area (Å²) in [6.07, 6.45) is 5.41. The predicted octanol–water partition coefficient (Wildman–Crippen LogP) is 2.78. The number of rotatable bonds is 5. The molecule has 2 aliphatic rings. The van der Waals surface area contributed by atoms with Crippen molar-refractivity contribution in [3.05, 3.63) is 42.2 Å². The van der Waals surface area contributed by atoms with Gasteiger partial charge in [-0.15, -0.1) is 0 Å². The largest absolute Gasteiger partial charge is 0.368 e. The minimum atomic E-state index is 0.288. The first kappa shape index (κ1) is 14.4. The Bertz CT molecular complexity index is 719. The first-order chi connectivity index (χ1) is 10.7. The van der Waals surface area contributed by atoms with E-state index in [0.29, 0.717) is 6.54 Å². The molecule has 114 valence electrons. The molecule has 6 nitrogen and oxygen atoms in total. The van der Waals surface area contributed by atoms with Crippen molar-refractivity contribution in [2.24, 2.45) is 0 Å². The smallest absolute Gasteiger partial charge is 0.166 e. The highest BCUT2D eigenvalue weighted by atomic mass is 15.2. The van der Waals surface area contributed by atoms with Crippen LogP contribution in [0.15, 0.2) is 30.9 Å². The van der Waals surface area contributed by atoms with E-state index in [2.05, 4.69) is 34.1 Å². The lowest BCUT2D eigenvalue weighted by Crippen LogP contribution is -2.10. The highest BCUT2D eigenvalue weighted by Crippen LogP contribution is 2.28. The van der Waals surface area contributed by atoms with Crippen LogP contribution in [0.4, 0.5) is 5.82 Å². The normalized spacial score (nSPS) is 11.3. The molecule has 2 aliphatic heterocycles. The van der Waals surface area contributed by atoms with Gasteiger partial charge in [0.15, 0.2) is 17.3 Å². The average Bonchev–Trinajstić information content (AvgIpc) is 2.97. The van der Waals surface area contributed by atoms with E-state index in [4.69, 9.17) is 4.98 Å². The molecule has 6 heteroatoms. The lowest BCUT2D eigenvalue weighted by molar-refractivity contribution is 0.750. The van der Waals surface area contributed by atoms with E-state index in [1.807, 2.05) is 30.0 Å². The van der Waals surface area contributed by atoms with Gasteiger partial charge in [-0.25, -0.2) is 15.0 Å². The fourth-order valence-electron chi connectivity index (χ4n) is 2.31. The third kappa shape index (κ3) is 2.77. The molecule has 0 fully saturated rings. The van der Waals surface area contributed by atoms with Gasteiger partial charge in [0, 0.05) is 24.9 Å². The van der Waals surface area contributed by atoms with Crippen molar-refractivity contribution in [1.29, 1.82) is 0 Å². The van der Waals surface area contributed by atoms with Crippen LogP contribution in [0.5, 0.6) is 0 Å². The van der Waals surface area contributed by atoms with Crippen molar-refractivity contribution in [1.82, 2.24) is 24.5 Å². The zero-order valence-electron chi connectivity index (χ0n) is 13.1. The molecule has 0 amide bonds. The predicted molar refractivity (Wildman–Crippen MR) is 86.0 cm³/mol. The molecule has 22 heavy (non-hydrogen) atoms. The summed E-state index contributed by atoms with van der Waals surface area (Å²) in [5.74, 6) is 2.80. The van der Waals surface area contributed by atoms with Gasteiger partial charge in [0.1, 0.15) is 5.82 Å². The van der Waals surface area contributed by atoms with Crippen LogP contribution >= 0.6 is 0 Å². The number of fused-ring (bicyclic) bond motifs is 1. The Labute approximate surface area is 130 Å². The van der Waals surface area contributed by atoms with Gasteiger partial charge in [-0.3, -0.25) is 4.98 Å². The van der Waals surface area contributed by atoms with E-state index in [-0.39, 0.29) is 5.92 Å². The molecule has 3 heterocycles. The van der Waals surface area contributed by atoms with Crippen LogP contribution < -0.4 is 5.32 Å². The molecule has 0 aliphatic carbocycles. The van der Waals surface area contributed by atoms with Gasteiger partial charge in [0.05, 0.1) is 12.9 Å². The molecular weight excluding hydrogens is 276 g/mol. The van der Waals surface area contributed by atoms with Crippen molar-refractivity contribution < 1.29 is 0 Å². The lowest BCUT2D eigenvalue weighted by Gasteiger charge is -2.13. The Morgan fingerprint density at radius 2 is 1.95 bits per heavy atom. The minimum absolute atomic E-state index is 0.288. The van der Waals surface area contributed by atoms with Crippen molar-refractivity contribution >= 4 is 5.82 Å². The van der Waals surface area contributed by atoms with E-state index in [1.54, 1.807) is 12.4 Å². The Hall–Kier alpha value is -2.50. The number of nitrogens with one attached hydrogen (secondary N) is 1. The summed E-state index contributed by atoms with van der Waals surface area (Å²) in [7, 11) is 0. The van der Waals surface area contributed by atoms with Crippen LogP contribution in [-0.2, 0) is 6.54 Å². The van der Waals surface area contributed by atoms with E-state index >= 15 is 0 Å². The van der Waals surface area contributed by atoms with Crippen LogP contribution in [0.3, 0.4) is 0 Å². The molecule has 0 atom stereocenters. The van der Waals surface area contributed by atoms with Crippen LogP contribution in [0.2, 0.25) is 0 Å². The first-order valence-electron chi connectivity index (χ1n) is 7.54. The Balaban J connectivity index is 2.05. The first-order valence-corrected chi connectivity index (χ1v) is 7.54. The molecule has 0 radical (unpaired) electrons. The summed E-state index contributed by atoms with van der Waals surface area (Å²) in [6, 6.07) is 3.99.